The largest absolute Gasteiger partial charge is 0.342 e. The van der Waals surface area contributed by atoms with E-state index in [1.165, 1.54) is 6.42 Å². The van der Waals surface area contributed by atoms with Gasteiger partial charge in [-0.1, -0.05) is 32.0 Å². The van der Waals surface area contributed by atoms with Gasteiger partial charge in [0.15, 0.2) is 5.65 Å². The Bertz CT molecular complexity index is 925. The fourth-order valence-corrected chi connectivity index (χ4v) is 3.42. The second kappa shape index (κ2) is 5.47. The van der Waals surface area contributed by atoms with Gasteiger partial charge < -0.3 is 4.90 Å². The summed E-state index contributed by atoms with van der Waals surface area (Å²) in [5, 5.41) is 4.87. The lowest BCUT2D eigenvalue weighted by atomic mass is 9.84. The van der Waals surface area contributed by atoms with Crippen molar-refractivity contribution in [1.29, 1.82) is 0 Å². The van der Waals surface area contributed by atoms with Crippen LogP contribution < -0.4 is 10.5 Å². The highest BCUT2D eigenvalue weighted by molar-refractivity contribution is 5.76. The Balaban J connectivity index is 1.83. The van der Waals surface area contributed by atoms with E-state index in [0.29, 0.717) is 17.0 Å². The Hall–Kier alpha value is -2.63. The zero-order chi connectivity index (χ0) is 16.7. The fraction of sp³-hybridized carbons (Fsp3) is 0.389. The molecule has 0 amide bonds. The fourth-order valence-electron chi connectivity index (χ4n) is 3.42. The molecule has 1 aromatic carbocycles. The predicted molar refractivity (Wildman–Crippen MR) is 94.7 cm³/mol. The zero-order valence-electron chi connectivity index (χ0n) is 14.0. The summed E-state index contributed by atoms with van der Waals surface area (Å²) in [6, 6.07) is 9.77. The molecular weight excluding hydrogens is 302 g/mol. The summed E-state index contributed by atoms with van der Waals surface area (Å²) in [4.78, 5) is 22.3. The van der Waals surface area contributed by atoms with Crippen LogP contribution >= 0.6 is 0 Å². The first-order chi connectivity index (χ1) is 11.5. The highest BCUT2D eigenvalue weighted by atomic mass is 16.1. The van der Waals surface area contributed by atoms with Crippen LogP contribution in [0.5, 0.6) is 0 Å². The van der Waals surface area contributed by atoms with Gasteiger partial charge in [0.05, 0.1) is 11.9 Å². The molecule has 24 heavy (non-hydrogen) atoms. The number of H-pyrrole nitrogens is 1. The number of benzene rings is 1. The summed E-state index contributed by atoms with van der Waals surface area (Å²) in [5.41, 5.74) is 1.59. The zero-order valence-corrected chi connectivity index (χ0v) is 14.0. The third-order valence-electron chi connectivity index (χ3n) is 4.63. The molecule has 0 bridgehead atoms. The molecule has 0 atom stereocenters. The summed E-state index contributed by atoms with van der Waals surface area (Å²) in [6.45, 7) is 6.31. The molecule has 1 N–H and O–H groups in total. The maximum Gasteiger partial charge on any atom is 0.263 e. The summed E-state index contributed by atoms with van der Waals surface area (Å²) in [7, 11) is 0. The Labute approximate surface area is 140 Å². The van der Waals surface area contributed by atoms with Gasteiger partial charge in [0.1, 0.15) is 5.39 Å². The second-order valence-corrected chi connectivity index (χ2v) is 7.21. The monoisotopic (exact) mass is 323 g/mol. The molecule has 6 heteroatoms. The molecule has 1 saturated heterocycles. The first-order valence-electron chi connectivity index (χ1n) is 8.32. The molecule has 3 heterocycles. The van der Waals surface area contributed by atoms with E-state index in [2.05, 4.69) is 28.8 Å². The molecule has 1 aliphatic heterocycles. The lowest BCUT2D eigenvalue weighted by Gasteiger charge is -2.38. The van der Waals surface area contributed by atoms with Gasteiger partial charge in [-0.25, -0.2) is 4.68 Å². The van der Waals surface area contributed by atoms with E-state index < -0.39 is 0 Å². The van der Waals surface area contributed by atoms with Crippen molar-refractivity contribution in [3.63, 3.8) is 0 Å². The molecule has 2 aromatic heterocycles. The van der Waals surface area contributed by atoms with Gasteiger partial charge in [-0.2, -0.15) is 10.1 Å². The van der Waals surface area contributed by atoms with Gasteiger partial charge >= 0.3 is 0 Å². The third-order valence-corrected chi connectivity index (χ3v) is 4.63. The molecule has 4 rings (SSSR count). The standard InChI is InChI=1S/C18H21N5O/c1-18(2)9-6-10-22(12-18)17-20-15-14(16(24)21-17)11-19-23(15)13-7-4-3-5-8-13/h3-5,7-8,11H,6,9-10,12H2,1-2H3,(H,20,21,24). The summed E-state index contributed by atoms with van der Waals surface area (Å²) in [6.07, 6.45) is 3.88. The van der Waals surface area contributed by atoms with Crippen molar-refractivity contribution >= 4 is 17.0 Å². The number of aromatic amines is 1. The number of nitrogens with zero attached hydrogens (tertiary/aromatic N) is 4. The maximum atomic E-state index is 12.5. The highest BCUT2D eigenvalue weighted by Crippen LogP contribution is 2.30. The molecule has 1 fully saturated rings. The lowest BCUT2D eigenvalue weighted by molar-refractivity contribution is 0.291. The minimum atomic E-state index is -0.138. The van der Waals surface area contributed by atoms with Crippen molar-refractivity contribution in [2.45, 2.75) is 26.7 Å². The Morgan fingerprint density at radius 3 is 2.75 bits per heavy atom. The average Bonchev–Trinajstić information content (AvgIpc) is 2.99. The predicted octanol–water partition coefficient (Wildman–Crippen LogP) is 2.74. The molecule has 0 aliphatic carbocycles. The number of nitrogens with one attached hydrogen (secondary N) is 1. The van der Waals surface area contributed by atoms with Crippen LogP contribution in [0, 0.1) is 5.41 Å². The van der Waals surface area contributed by atoms with E-state index in [1.807, 2.05) is 30.3 Å². The summed E-state index contributed by atoms with van der Waals surface area (Å²) >= 11 is 0. The number of hydrogen-bond acceptors (Lipinski definition) is 4. The minimum Gasteiger partial charge on any atom is -0.342 e. The van der Waals surface area contributed by atoms with Crippen LogP contribution in [0.4, 0.5) is 5.95 Å². The molecule has 0 radical (unpaired) electrons. The molecule has 0 spiro atoms. The number of rotatable bonds is 2. The molecule has 124 valence electrons. The van der Waals surface area contributed by atoms with E-state index in [9.17, 15) is 4.79 Å². The van der Waals surface area contributed by atoms with Crippen LogP contribution in [0.2, 0.25) is 0 Å². The minimum absolute atomic E-state index is 0.138. The van der Waals surface area contributed by atoms with Gasteiger partial charge in [-0.05, 0) is 30.4 Å². The van der Waals surface area contributed by atoms with E-state index in [4.69, 9.17) is 4.98 Å². The molecule has 0 saturated carbocycles. The number of hydrogen-bond donors (Lipinski definition) is 1. The van der Waals surface area contributed by atoms with Crippen molar-refractivity contribution in [2.24, 2.45) is 5.41 Å². The maximum absolute atomic E-state index is 12.5. The van der Waals surface area contributed by atoms with Crippen LogP contribution in [0.3, 0.4) is 0 Å². The molecule has 1 aliphatic rings. The van der Waals surface area contributed by atoms with Crippen LogP contribution in [-0.2, 0) is 0 Å². The van der Waals surface area contributed by atoms with Crippen LogP contribution in [-0.4, -0.2) is 32.8 Å². The van der Waals surface area contributed by atoms with Crippen molar-refractivity contribution in [3.8, 4) is 5.69 Å². The van der Waals surface area contributed by atoms with Crippen molar-refractivity contribution in [1.82, 2.24) is 19.7 Å². The first kappa shape index (κ1) is 14.9. The smallest absolute Gasteiger partial charge is 0.263 e. The van der Waals surface area contributed by atoms with Crippen LogP contribution in [0.15, 0.2) is 41.3 Å². The SMILES string of the molecule is CC1(C)CCCN(c2nc3c(cnn3-c3ccccc3)c(=O)[nH]2)C1. The van der Waals surface area contributed by atoms with Gasteiger partial charge in [0, 0.05) is 13.1 Å². The van der Waals surface area contributed by atoms with E-state index in [1.54, 1.807) is 10.9 Å². The third kappa shape index (κ3) is 2.58. The first-order valence-corrected chi connectivity index (χ1v) is 8.32. The average molecular weight is 323 g/mol. The normalized spacial score (nSPS) is 17.3. The van der Waals surface area contributed by atoms with Gasteiger partial charge in [-0.3, -0.25) is 9.78 Å². The number of para-hydroxylation sites is 1. The Morgan fingerprint density at radius 2 is 2.00 bits per heavy atom. The van der Waals surface area contributed by atoms with Crippen molar-refractivity contribution < 1.29 is 0 Å². The summed E-state index contributed by atoms with van der Waals surface area (Å²) in [5.74, 6) is 0.637. The van der Waals surface area contributed by atoms with Gasteiger partial charge in [0.2, 0.25) is 5.95 Å². The number of piperidine rings is 1. The molecule has 3 aromatic rings. The van der Waals surface area contributed by atoms with E-state index in [0.717, 1.165) is 25.2 Å². The number of anilines is 1. The number of aromatic nitrogens is 4. The quantitative estimate of drug-likeness (QED) is 0.787. The van der Waals surface area contributed by atoms with Crippen LogP contribution in [0.1, 0.15) is 26.7 Å². The topological polar surface area (TPSA) is 66.8 Å². The van der Waals surface area contributed by atoms with Gasteiger partial charge in [0.25, 0.3) is 5.56 Å². The van der Waals surface area contributed by atoms with Gasteiger partial charge in [-0.15, -0.1) is 0 Å². The molecule has 0 unspecified atom stereocenters. The second-order valence-electron chi connectivity index (χ2n) is 7.21. The highest BCUT2D eigenvalue weighted by Gasteiger charge is 2.28. The number of fused-ring (bicyclic) bond motifs is 1. The molecule has 6 nitrogen and oxygen atoms in total. The van der Waals surface area contributed by atoms with Crippen LogP contribution in [0.25, 0.3) is 16.7 Å². The Kier molecular flexibility index (Phi) is 3.40. The lowest BCUT2D eigenvalue weighted by Crippen LogP contribution is -2.41. The van der Waals surface area contributed by atoms with Crippen molar-refractivity contribution in [2.75, 3.05) is 18.0 Å². The van der Waals surface area contributed by atoms with E-state index in [-0.39, 0.29) is 11.0 Å². The van der Waals surface area contributed by atoms with Crippen molar-refractivity contribution in [3.05, 3.63) is 46.9 Å². The summed E-state index contributed by atoms with van der Waals surface area (Å²) < 4.78 is 1.73. The van der Waals surface area contributed by atoms with E-state index >= 15 is 0 Å². The Morgan fingerprint density at radius 1 is 1.21 bits per heavy atom. The molecular formula is C18H21N5O.